The second-order valence-corrected chi connectivity index (χ2v) is 8.94. The summed E-state index contributed by atoms with van der Waals surface area (Å²) in [5.74, 6) is -4.13. The van der Waals surface area contributed by atoms with E-state index in [2.05, 4.69) is 5.32 Å². The molecular weight excluding hydrogens is 451 g/mol. The Labute approximate surface area is 180 Å². The molecule has 4 nitrogen and oxygen atoms in total. The van der Waals surface area contributed by atoms with Gasteiger partial charge in [0.2, 0.25) is 5.91 Å². The quantitative estimate of drug-likeness (QED) is 0.547. The number of halogens is 5. The van der Waals surface area contributed by atoms with Gasteiger partial charge in [0.25, 0.3) is 0 Å². The highest BCUT2D eigenvalue weighted by Gasteiger charge is 2.67. The molecule has 2 aromatic carbocycles. The highest BCUT2D eigenvalue weighted by atomic mass is 35.5. The maximum Gasteiger partial charge on any atom is 0.338 e. The van der Waals surface area contributed by atoms with E-state index in [9.17, 15) is 14.0 Å². The van der Waals surface area contributed by atoms with Crippen molar-refractivity contribution < 1.29 is 19.1 Å². The first kappa shape index (κ1) is 21.2. The van der Waals surface area contributed by atoms with Crippen LogP contribution in [0.25, 0.3) is 0 Å². The van der Waals surface area contributed by atoms with E-state index in [-0.39, 0.29) is 11.3 Å². The number of hydrogen-bond donors (Lipinski definition) is 2. The fourth-order valence-electron chi connectivity index (χ4n) is 3.22. The number of carbonyl (C=O) groups excluding carboxylic acids is 1. The molecule has 3 rings (SSSR count). The molecule has 1 aliphatic rings. The Hall–Kier alpha value is -1.53. The minimum atomic E-state index is -1.43. The second-order valence-electron chi connectivity index (χ2n) is 6.71. The summed E-state index contributed by atoms with van der Waals surface area (Å²) in [7, 11) is 0. The normalized spacial score (nSPS) is 20.0. The Bertz CT molecular complexity index is 986. The van der Waals surface area contributed by atoms with Crippen LogP contribution in [0.2, 0.25) is 10.0 Å². The van der Waals surface area contributed by atoms with Crippen molar-refractivity contribution in [3.05, 3.63) is 62.4 Å². The number of rotatable bonds is 4. The molecule has 2 atom stereocenters. The predicted molar refractivity (Wildman–Crippen MR) is 109 cm³/mol. The zero-order chi connectivity index (χ0) is 21.0. The molecule has 0 saturated heterocycles. The number of aromatic carboxylic acids is 1. The summed E-state index contributed by atoms with van der Waals surface area (Å²) in [4.78, 5) is 23.9. The molecule has 1 fully saturated rings. The third kappa shape index (κ3) is 3.69. The summed E-state index contributed by atoms with van der Waals surface area (Å²) in [6, 6.07) is 5.76. The highest BCUT2D eigenvalue weighted by molar-refractivity contribution is 6.53. The molecule has 1 aliphatic carbocycles. The van der Waals surface area contributed by atoms with Crippen molar-refractivity contribution in [1.29, 1.82) is 0 Å². The van der Waals surface area contributed by atoms with Gasteiger partial charge < -0.3 is 10.4 Å². The summed E-state index contributed by atoms with van der Waals surface area (Å²) in [5, 5.41) is 12.4. The number of anilines is 1. The average Bonchev–Trinajstić information content (AvgIpc) is 3.17. The first-order valence-electron chi connectivity index (χ1n) is 8.12. The monoisotopic (exact) mass is 463 g/mol. The minimum Gasteiger partial charge on any atom is -0.478 e. The molecule has 0 radical (unpaired) electrons. The Morgan fingerprint density at radius 3 is 2.32 bits per heavy atom. The molecule has 0 bridgehead atoms. The van der Waals surface area contributed by atoms with Crippen LogP contribution in [0.4, 0.5) is 10.1 Å². The van der Waals surface area contributed by atoms with Gasteiger partial charge in [0.1, 0.15) is 10.2 Å². The SMILES string of the molecule is Cc1cc(NC(=O)[C@H]2[C@H](c3cc(C)c(Cl)c(Cl)c3)C2(Cl)Cl)cc(C(=O)O)c1F. The van der Waals surface area contributed by atoms with Gasteiger partial charge in [0.05, 0.1) is 21.5 Å². The topological polar surface area (TPSA) is 66.4 Å². The summed E-state index contributed by atoms with van der Waals surface area (Å²) in [6.45, 7) is 3.18. The number of carbonyl (C=O) groups is 2. The van der Waals surface area contributed by atoms with Crippen molar-refractivity contribution in [1.82, 2.24) is 0 Å². The van der Waals surface area contributed by atoms with Crippen molar-refractivity contribution >= 4 is 64.0 Å². The Morgan fingerprint density at radius 2 is 1.75 bits per heavy atom. The van der Waals surface area contributed by atoms with Crippen molar-refractivity contribution in [2.24, 2.45) is 5.92 Å². The van der Waals surface area contributed by atoms with Gasteiger partial charge in [-0.3, -0.25) is 4.79 Å². The van der Waals surface area contributed by atoms with Gasteiger partial charge in [0.15, 0.2) is 0 Å². The molecule has 0 spiro atoms. The lowest BCUT2D eigenvalue weighted by Crippen LogP contribution is -2.18. The third-order valence-electron chi connectivity index (χ3n) is 4.68. The van der Waals surface area contributed by atoms with Crippen LogP contribution in [0, 0.1) is 25.6 Å². The van der Waals surface area contributed by atoms with Crippen LogP contribution in [-0.4, -0.2) is 21.3 Å². The lowest BCUT2D eigenvalue weighted by atomic mass is 10.1. The molecule has 0 aromatic heterocycles. The lowest BCUT2D eigenvalue weighted by Gasteiger charge is -2.09. The fraction of sp³-hybridized carbons (Fsp3) is 0.263. The van der Waals surface area contributed by atoms with E-state index in [0.717, 1.165) is 11.6 Å². The predicted octanol–water partition coefficient (Wildman–Crippen LogP) is 5.97. The number of alkyl halides is 2. The first-order valence-corrected chi connectivity index (χ1v) is 9.64. The molecule has 0 aliphatic heterocycles. The van der Waals surface area contributed by atoms with E-state index in [0.29, 0.717) is 15.6 Å². The highest BCUT2D eigenvalue weighted by Crippen LogP contribution is 2.65. The van der Waals surface area contributed by atoms with Gasteiger partial charge in [-0.15, -0.1) is 23.2 Å². The summed E-state index contributed by atoms with van der Waals surface area (Å²) in [6.07, 6.45) is 0. The molecule has 0 unspecified atom stereocenters. The molecule has 148 valence electrons. The standard InChI is InChI=1S/C19H14Cl4FNO3/c1-7-3-9(5-12(20)15(7)21)13-14(19(13,22)23)17(26)25-10-4-8(2)16(24)11(6-10)18(27)28/h3-6,13-14H,1-2H3,(H,25,26)(H,27,28)/t13-,14+/m0/s1. The lowest BCUT2D eigenvalue weighted by molar-refractivity contribution is -0.117. The van der Waals surface area contributed by atoms with Crippen LogP contribution < -0.4 is 5.32 Å². The Balaban J connectivity index is 1.87. The zero-order valence-electron chi connectivity index (χ0n) is 14.6. The Morgan fingerprint density at radius 1 is 1.11 bits per heavy atom. The van der Waals surface area contributed by atoms with Gasteiger partial charge in [-0.25, -0.2) is 9.18 Å². The van der Waals surface area contributed by atoms with Gasteiger partial charge in [-0.2, -0.15) is 0 Å². The maximum atomic E-state index is 13.9. The third-order valence-corrected chi connectivity index (χ3v) is 6.52. The number of aryl methyl sites for hydroxylation is 2. The van der Waals surface area contributed by atoms with Crippen LogP contribution in [0.1, 0.15) is 33.0 Å². The van der Waals surface area contributed by atoms with E-state index >= 15 is 0 Å². The number of carboxylic acids is 1. The summed E-state index contributed by atoms with van der Waals surface area (Å²) >= 11 is 24.8. The molecule has 2 N–H and O–H groups in total. The molecule has 1 amide bonds. The number of amides is 1. The van der Waals surface area contributed by atoms with Crippen molar-refractivity contribution in [3.63, 3.8) is 0 Å². The second kappa shape index (κ2) is 7.38. The van der Waals surface area contributed by atoms with Crippen LogP contribution >= 0.6 is 46.4 Å². The molecule has 9 heteroatoms. The number of hydrogen-bond acceptors (Lipinski definition) is 2. The van der Waals surface area contributed by atoms with Crippen LogP contribution in [0.5, 0.6) is 0 Å². The maximum absolute atomic E-state index is 13.9. The molecular formula is C19H14Cl4FNO3. The number of carboxylic acid groups (broad SMARTS) is 1. The van der Waals surface area contributed by atoms with Crippen LogP contribution in [-0.2, 0) is 4.79 Å². The van der Waals surface area contributed by atoms with Crippen molar-refractivity contribution in [3.8, 4) is 0 Å². The van der Waals surface area contributed by atoms with E-state index in [1.54, 1.807) is 19.1 Å². The smallest absolute Gasteiger partial charge is 0.338 e. The molecule has 28 heavy (non-hydrogen) atoms. The first-order chi connectivity index (χ1) is 12.9. The van der Waals surface area contributed by atoms with Crippen LogP contribution in [0.15, 0.2) is 24.3 Å². The van der Waals surface area contributed by atoms with Gasteiger partial charge >= 0.3 is 5.97 Å². The van der Waals surface area contributed by atoms with Crippen molar-refractivity contribution in [2.75, 3.05) is 5.32 Å². The van der Waals surface area contributed by atoms with Gasteiger partial charge in [0, 0.05) is 11.6 Å². The fourth-order valence-corrected chi connectivity index (χ4v) is 4.43. The largest absolute Gasteiger partial charge is 0.478 e. The minimum absolute atomic E-state index is 0.0886. The van der Waals surface area contributed by atoms with Gasteiger partial charge in [-0.05, 0) is 48.7 Å². The van der Waals surface area contributed by atoms with Crippen LogP contribution in [0.3, 0.4) is 0 Å². The summed E-state index contributed by atoms with van der Waals surface area (Å²) < 4.78 is 12.5. The van der Waals surface area contributed by atoms with E-state index in [4.69, 9.17) is 51.5 Å². The number of nitrogens with one attached hydrogen (secondary N) is 1. The Kier molecular flexibility index (Phi) is 5.58. The average molecular weight is 465 g/mol. The van der Waals surface area contributed by atoms with Crippen molar-refractivity contribution in [2.45, 2.75) is 24.1 Å². The van der Waals surface area contributed by atoms with Gasteiger partial charge in [-0.1, -0.05) is 29.3 Å². The molecule has 1 saturated carbocycles. The molecule has 0 heterocycles. The van der Waals surface area contributed by atoms with E-state index in [1.165, 1.54) is 13.0 Å². The number of benzene rings is 2. The zero-order valence-corrected chi connectivity index (χ0v) is 17.6. The van der Waals surface area contributed by atoms with E-state index in [1.807, 2.05) is 0 Å². The van der Waals surface area contributed by atoms with E-state index < -0.39 is 39.4 Å². The summed E-state index contributed by atoms with van der Waals surface area (Å²) in [5.41, 5.74) is 1.08. The molecule has 2 aromatic rings.